The minimum absolute atomic E-state index is 0.704. The average Bonchev–Trinajstić information content (AvgIpc) is 3.06. The van der Waals surface area contributed by atoms with Crippen LogP contribution in [0.25, 0.3) is 11.1 Å². The van der Waals surface area contributed by atoms with Gasteiger partial charge in [0.2, 0.25) is 5.89 Å². The number of oxazole rings is 1. The van der Waals surface area contributed by atoms with E-state index < -0.39 is 0 Å². The minimum atomic E-state index is 0.704. The van der Waals surface area contributed by atoms with E-state index in [-0.39, 0.29) is 0 Å². The monoisotopic (exact) mass is 271 g/mol. The summed E-state index contributed by atoms with van der Waals surface area (Å²) in [5, 5.41) is 0. The molecule has 2 fully saturated rings. The van der Waals surface area contributed by atoms with Crippen LogP contribution >= 0.6 is 0 Å². The molecule has 2 unspecified atom stereocenters. The highest BCUT2D eigenvalue weighted by Gasteiger charge is 2.35. The van der Waals surface area contributed by atoms with Crippen LogP contribution in [0.5, 0.6) is 0 Å². The predicted molar refractivity (Wildman–Crippen MR) is 79.2 cm³/mol. The van der Waals surface area contributed by atoms with Gasteiger partial charge in [-0.25, -0.2) is 4.98 Å². The molecule has 0 bridgehead atoms. The molecule has 1 aliphatic carbocycles. The molecule has 1 aliphatic heterocycles. The molecule has 0 spiro atoms. The molecular weight excluding hydrogens is 250 g/mol. The van der Waals surface area contributed by atoms with Gasteiger partial charge in [0.05, 0.1) is 12.2 Å². The van der Waals surface area contributed by atoms with Gasteiger partial charge in [-0.3, -0.25) is 4.90 Å². The quantitative estimate of drug-likeness (QED) is 0.852. The lowest BCUT2D eigenvalue weighted by atomic mass is 9.92. The van der Waals surface area contributed by atoms with Gasteiger partial charge in [0.1, 0.15) is 5.52 Å². The molecule has 2 aromatic rings. The topological polar surface area (TPSA) is 55.3 Å². The van der Waals surface area contributed by atoms with Crippen LogP contribution in [0.4, 0.5) is 5.69 Å². The lowest BCUT2D eigenvalue weighted by molar-refractivity contribution is 0.0967. The Hall–Kier alpha value is -1.55. The van der Waals surface area contributed by atoms with E-state index in [2.05, 4.69) is 9.88 Å². The van der Waals surface area contributed by atoms with Gasteiger partial charge in [-0.15, -0.1) is 0 Å². The van der Waals surface area contributed by atoms with Gasteiger partial charge in [-0.1, -0.05) is 12.5 Å². The number of fused-ring (bicyclic) bond motifs is 2. The molecule has 2 aliphatic rings. The molecule has 4 heteroatoms. The van der Waals surface area contributed by atoms with Crippen molar-refractivity contribution in [2.75, 3.05) is 12.3 Å². The molecule has 0 radical (unpaired) electrons. The number of benzene rings is 1. The zero-order valence-electron chi connectivity index (χ0n) is 11.7. The van der Waals surface area contributed by atoms with Gasteiger partial charge >= 0.3 is 0 Å². The molecule has 4 nitrogen and oxygen atoms in total. The van der Waals surface area contributed by atoms with Gasteiger partial charge < -0.3 is 10.2 Å². The van der Waals surface area contributed by atoms with Crippen LogP contribution in [-0.4, -0.2) is 22.5 Å². The fourth-order valence-electron chi connectivity index (χ4n) is 4.01. The van der Waals surface area contributed by atoms with Crippen molar-refractivity contribution in [2.24, 2.45) is 5.92 Å². The van der Waals surface area contributed by atoms with E-state index in [4.69, 9.17) is 10.2 Å². The molecule has 1 saturated heterocycles. The van der Waals surface area contributed by atoms with Crippen molar-refractivity contribution in [3.8, 4) is 0 Å². The summed E-state index contributed by atoms with van der Waals surface area (Å²) in [4.78, 5) is 7.16. The highest BCUT2D eigenvalue weighted by Crippen LogP contribution is 2.37. The van der Waals surface area contributed by atoms with Crippen molar-refractivity contribution in [1.82, 2.24) is 9.88 Å². The molecular formula is C16H21N3O. The van der Waals surface area contributed by atoms with E-state index in [1.54, 1.807) is 0 Å². The van der Waals surface area contributed by atoms with Crippen molar-refractivity contribution < 1.29 is 4.42 Å². The molecule has 2 heterocycles. The molecule has 2 atom stereocenters. The highest BCUT2D eigenvalue weighted by atomic mass is 16.3. The third-order valence-corrected chi connectivity index (χ3v) is 4.94. The maximum atomic E-state index is 5.95. The number of hydrogen-bond donors (Lipinski definition) is 1. The number of nitrogen functional groups attached to an aromatic ring is 1. The summed E-state index contributed by atoms with van der Waals surface area (Å²) in [6, 6.07) is 6.48. The second kappa shape index (κ2) is 4.77. The van der Waals surface area contributed by atoms with Gasteiger partial charge in [0.15, 0.2) is 5.58 Å². The Balaban J connectivity index is 1.59. The number of nitrogens with zero attached hydrogens (tertiary/aromatic N) is 2. The van der Waals surface area contributed by atoms with Crippen molar-refractivity contribution in [1.29, 1.82) is 0 Å². The standard InChI is InChI=1S/C16H21N3O/c17-12-6-2-8-14-16(12)18-15(20-14)10-19-9-3-5-11-4-1-7-13(11)19/h2,6,8,11,13H,1,3-5,7,9-10,17H2. The Morgan fingerprint density at radius 1 is 1.25 bits per heavy atom. The number of aromatic nitrogens is 1. The van der Waals surface area contributed by atoms with Crippen LogP contribution in [0, 0.1) is 5.92 Å². The molecule has 2 N–H and O–H groups in total. The Kier molecular flexibility index (Phi) is 2.91. The smallest absolute Gasteiger partial charge is 0.209 e. The van der Waals surface area contributed by atoms with Gasteiger partial charge in [-0.05, 0) is 50.3 Å². The van der Waals surface area contributed by atoms with E-state index >= 15 is 0 Å². The molecule has 1 aromatic heterocycles. The first-order chi connectivity index (χ1) is 9.81. The van der Waals surface area contributed by atoms with Crippen LogP contribution in [0.3, 0.4) is 0 Å². The fraction of sp³-hybridized carbons (Fsp3) is 0.562. The third-order valence-electron chi connectivity index (χ3n) is 4.94. The van der Waals surface area contributed by atoms with Crippen LogP contribution in [0.15, 0.2) is 22.6 Å². The number of nitrogens with two attached hydrogens (primary N) is 1. The van der Waals surface area contributed by atoms with E-state index in [9.17, 15) is 0 Å². The SMILES string of the molecule is Nc1cccc2oc(CN3CCCC4CCCC43)nc12. The first kappa shape index (κ1) is 12.2. The normalized spacial score (nSPS) is 27.0. The summed E-state index contributed by atoms with van der Waals surface area (Å²) in [6.45, 7) is 2.00. The zero-order valence-corrected chi connectivity index (χ0v) is 11.7. The van der Waals surface area contributed by atoms with Gasteiger partial charge in [0.25, 0.3) is 0 Å². The number of hydrogen-bond acceptors (Lipinski definition) is 4. The Bertz CT molecular complexity index is 621. The largest absolute Gasteiger partial charge is 0.439 e. The molecule has 1 aromatic carbocycles. The predicted octanol–water partition coefficient (Wildman–Crippen LogP) is 3.17. The van der Waals surface area contributed by atoms with Gasteiger partial charge in [-0.2, -0.15) is 0 Å². The van der Waals surface area contributed by atoms with Crippen molar-refractivity contribution in [3.63, 3.8) is 0 Å². The molecule has 1 saturated carbocycles. The Morgan fingerprint density at radius 2 is 2.15 bits per heavy atom. The first-order valence-corrected chi connectivity index (χ1v) is 7.69. The second-order valence-electron chi connectivity index (χ2n) is 6.17. The van der Waals surface area contributed by atoms with E-state index in [1.165, 1.54) is 38.6 Å². The summed E-state index contributed by atoms with van der Waals surface area (Å²) < 4.78 is 5.87. The molecule has 0 amide bonds. The Labute approximate surface area is 118 Å². The van der Waals surface area contributed by atoms with Crippen molar-refractivity contribution >= 4 is 16.8 Å². The molecule has 106 valence electrons. The van der Waals surface area contributed by atoms with E-state index in [1.807, 2.05) is 18.2 Å². The summed E-state index contributed by atoms with van der Waals surface area (Å²) in [5.74, 6) is 1.71. The Morgan fingerprint density at radius 3 is 3.05 bits per heavy atom. The molecule has 20 heavy (non-hydrogen) atoms. The second-order valence-corrected chi connectivity index (χ2v) is 6.17. The maximum absolute atomic E-state index is 5.95. The summed E-state index contributed by atoms with van der Waals surface area (Å²) >= 11 is 0. The third kappa shape index (κ3) is 1.99. The molecule has 4 rings (SSSR count). The van der Waals surface area contributed by atoms with Gasteiger partial charge in [0, 0.05) is 6.04 Å². The van der Waals surface area contributed by atoms with Crippen molar-refractivity contribution in [3.05, 3.63) is 24.1 Å². The van der Waals surface area contributed by atoms with Crippen molar-refractivity contribution in [2.45, 2.75) is 44.7 Å². The first-order valence-electron chi connectivity index (χ1n) is 7.69. The number of piperidine rings is 1. The van der Waals surface area contributed by atoms with E-state index in [0.717, 1.165) is 35.5 Å². The maximum Gasteiger partial charge on any atom is 0.209 e. The van der Waals surface area contributed by atoms with Crippen LogP contribution in [-0.2, 0) is 6.54 Å². The minimum Gasteiger partial charge on any atom is -0.439 e. The summed E-state index contributed by atoms with van der Waals surface area (Å²) in [6.07, 6.45) is 6.84. The number of rotatable bonds is 2. The van der Waals surface area contributed by atoms with Crippen LogP contribution < -0.4 is 5.73 Å². The number of likely N-dealkylation sites (tertiary alicyclic amines) is 1. The van der Waals surface area contributed by atoms with Crippen LogP contribution in [0.1, 0.15) is 38.0 Å². The highest BCUT2D eigenvalue weighted by molar-refractivity contribution is 5.85. The number of para-hydroxylation sites is 1. The van der Waals surface area contributed by atoms with E-state index in [0.29, 0.717) is 5.69 Å². The summed E-state index contributed by atoms with van der Waals surface area (Å²) in [7, 11) is 0. The average molecular weight is 271 g/mol. The lowest BCUT2D eigenvalue weighted by Crippen LogP contribution is -2.41. The number of anilines is 1. The summed E-state index contributed by atoms with van der Waals surface area (Å²) in [5.41, 5.74) is 8.27. The van der Waals surface area contributed by atoms with Crippen LogP contribution in [0.2, 0.25) is 0 Å². The zero-order chi connectivity index (χ0) is 13.5. The lowest BCUT2D eigenvalue weighted by Gasteiger charge is -2.36. The fourth-order valence-corrected chi connectivity index (χ4v) is 4.01.